The van der Waals surface area contributed by atoms with Gasteiger partial charge in [-0.3, -0.25) is 4.79 Å². The van der Waals surface area contributed by atoms with E-state index in [1.807, 2.05) is 18.2 Å². The summed E-state index contributed by atoms with van der Waals surface area (Å²) < 4.78 is 13.1. The average Bonchev–Trinajstić information content (AvgIpc) is 2.53. The van der Waals surface area contributed by atoms with Crippen molar-refractivity contribution in [1.29, 1.82) is 0 Å². The van der Waals surface area contributed by atoms with E-state index in [0.29, 0.717) is 5.69 Å². The number of para-hydroxylation sites is 1. The molecule has 2 aromatic rings. The van der Waals surface area contributed by atoms with Crippen molar-refractivity contribution in [2.24, 2.45) is 0 Å². The van der Waals surface area contributed by atoms with Crippen molar-refractivity contribution in [1.82, 2.24) is 0 Å². The van der Waals surface area contributed by atoms with Crippen molar-refractivity contribution >= 4 is 17.3 Å². The molecule has 0 heterocycles. The van der Waals surface area contributed by atoms with Crippen molar-refractivity contribution in [3.63, 3.8) is 0 Å². The lowest BCUT2D eigenvalue weighted by molar-refractivity contribution is -0.114. The van der Waals surface area contributed by atoms with Gasteiger partial charge in [0.1, 0.15) is 5.82 Å². The van der Waals surface area contributed by atoms with E-state index in [0.717, 1.165) is 29.7 Å². The standard InChI is InChI=1S/C18H21FN2O/c1-3-13-7-5-8-14(4-2)18(13)21-17(22)12-20-16-10-6-9-15(19)11-16/h5-11,20H,3-4,12H2,1-2H3,(H,21,22). The van der Waals surface area contributed by atoms with Crippen LogP contribution >= 0.6 is 0 Å². The van der Waals surface area contributed by atoms with Gasteiger partial charge in [0.2, 0.25) is 5.91 Å². The number of amides is 1. The van der Waals surface area contributed by atoms with Crippen LogP contribution in [0.5, 0.6) is 0 Å². The quantitative estimate of drug-likeness (QED) is 0.846. The molecule has 0 fully saturated rings. The van der Waals surface area contributed by atoms with Gasteiger partial charge in [-0.25, -0.2) is 4.39 Å². The normalized spacial score (nSPS) is 10.3. The molecule has 116 valence electrons. The number of carbonyl (C=O) groups excluding carboxylic acids is 1. The van der Waals surface area contributed by atoms with Gasteiger partial charge in [-0.05, 0) is 42.2 Å². The molecule has 3 nitrogen and oxygen atoms in total. The van der Waals surface area contributed by atoms with E-state index in [4.69, 9.17) is 0 Å². The summed E-state index contributed by atoms with van der Waals surface area (Å²) in [6, 6.07) is 12.1. The highest BCUT2D eigenvalue weighted by Crippen LogP contribution is 2.22. The third-order valence-electron chi connectivity index (χ3n) is 3.54. The van der Waals surface area contributed by atoms with Crippen LogP contribution in [0, 0.1) is 5.82 Å². The van der Waals surface area contributed by atoms with Crippen LogP contribution in [0.25, 0.3) is 0 Å². The van der Waals surface area contributed by atoms with Crippen LogP contribution in [0.2, 0.25) is 0 Å². The van der Waals surface area contributed by atoms with Gasteiger partial charge >= 0.3 is 0 Å². The van der Waals surface area contributed by atoms with Gasteiger partial charge in [0, 0.05) is 11.4 Å². The Morgan fingerprint density at radius 2 is 1.68 bits per heavy atom. The Hall–Kier alpha value is -2.36. The average molecular weight is 300 g/mol. The maximum absolute atomic E-state index is 13.1. The fourth-order valence-electron chi connectivity index (χ4n) is 2.37. The zero-order chi connectivity index (χ0) is 15.9. The molecule has 0 unspecified atom stereocenters. The minimum absolute atomic E-state index is 0.102. The number of aryl methyl sites for hydroxylation is 2. The summed E-state index contributed by atoms with van der Waals surface area (Å²) in [4.78, 5) is 12.1. The smallest absolute Gasteiger partial charge is 0.243 e. The first-order valence-corrected chi connectivity index (χ1v) is 7.54. The van der Waals surface area contributed by atoms with Gasteiger partial charge in [-0.2, -0.15) is 0 Å². The molecule has 0 aromatic heterocycles. The lowest BCUT2D eigenvalue weighted by Crippen LogP contribution is -2.23. The predicted octanol–water partition coefficient (Wildman–Crippen LogP) is 4.00. The number of rotatable bonds is 6. The largest absolute Gasteiger partial charge is 0.376 e. The summed E-state index contributed by atoms with van der Waals surface area (Å²) in [7, 11) is 0. The van der Waals surface area contributed by atoms with Crippen molar-refractivity contribution in [3.8, 4) is 0 Å². The van der Waals surface area contributed by atoms with Gasteiger partial charge in [-0.15, -0.1) is 0 Å². The van der Waals surface area contributed by atoms with E-state index in [9.17, 15) is 9.18 Å². The Balaban J connectivity index is 2.03. The highest BCUT2D eigenvalue weighted by Gasteiger charge is 2.09. The van der Waals surface area contributed by atoms with Gasteiger partial charge in [0.15, 0.2) is 0 Å². The molecule has 0 radical (unpaired) electrons. The van der Waals surface area contributed by atoms with E-state index in [1.165, 1.54) is 12.1 Å². The first kappa shape index (κ1) is 16.0. The lowest BCUT2D eigenvalue weighted by atomic mass is 10.0. The minimum Gasteiger partial charge on any atom is -0.376 e. The van der Waals surface area contributed by atoms with Gasteiger partial charge in [0.05, 0.1) is 6.54 Å². The molecule has 2 rings (SSSR count). The second kappa shape index (κ2) is 7.59. The second-order valence-electron chi connectivity index (χ2n) is 5.07. The molecule has 4 heteroatoms. The molecule has 0 bridgehead atoms. The highest BCUT2D eigenvalue weighted by atomic mass is 19.1. The van der Waals surface area contributed by atoms with Crippen LogP contribution < -0.4 is 10.6 Å². The Morgan fingerprint density at radius 1 is 1.05 bits per heavy atom. The van der Waals surface area contributed by atoms with Gasteiger partial charge < -0.3 is 10.6 Å². The van der Waals surface area contributed by atoms with Crippen LogP contribution in [0.4, 0.5) is 15.8 Å². The first-order valence-electron chi connectivity index (χ1n) is 7.54. The van der Waals surface area contributed by atoms with E-state index >= 15 is 0 Å². The van der Waals surface area contributed by atoms with Crippen molar-refractivity contribution in [2.45, 2.75) is 26.7 Å². The van der Waals surface area contributed by atoms with Gasteiger partial charge in [-0.1, -0.05) is 38.1 Å². The Labute approximate surface area is 130 Å². The number of anilines is 2. The zero-order valence-corrected chi connectivity index (χ0v) is 12.9. The molecule has 2 aromatic carbocycles. The Morgan fingerprint density at radius 3 is 2.27 bits per heavy atom. The summed E-state index contributed by atoms with van der Waals surface area (Å²) in [6.07, 6.45) is 1.72. The molecule has 0 atom stereocenters. The molecule has 1 amide bonds. The number of nitrogens with one attached hydrogen (secondary N) is 2. The first-order chi connectivity index (χ1) is 10.6. The van der Waals surface area contributed by atoms with Crippen LogP contribution in [0.15, 0.2) is 42.5 Å². The van der Waals surface area contributed by atoms with E-state index in [-0.39, 0.29) is 18.3 Å². The SMILES string of the molecule is CCc1cccc(CC)c1NC(=O)CNc1cccc(F)c1. The molecule has 0 aliphatic rings. The fraction of sp³-hybridized carbons (Fsp3) is 0.278. The summed E-state index contributed by atoms with van der Waals surface area (Å²) in [5.41, 5.74) is 3.74. The minimum atomic E-state index is -0.324. The Kier molecular flexibility index (Phi) is 5.53. The number of halogens is 1. The molecule has 22 heavy (non-hydrogen) atoms. The van der Waals surface area contributed by atoms with Crippen molar-refractivity contribution < 1.29 is 9.18 Å². The number of benzene rings is 2. The van der Waals surface area contributed by atoms with Crippen LogP contribution in [0.1, 0.15) is 25.0 Å². The summed E-state index contributed by atoms with van der Waals surface area (Å²) in [5.74, 6) is -0.463. The third-order valence-corrected chi connectivity index (χ3v) is 3.54. The maximum Gasteiger partial charge on any atom is 0.243 e. The predicted molar refractivity (Wildman–Crippen MR) is 88.7 cm³/mol. The van der Waals surface area contributed by atoms with Crippen LogP contribution in [-0.2, 0) is 17.6 Å². The number of carbonyl (C=O) groups is 1. The third kappa shape index (κ3) is 4.07. The summed E-state index contributed by atoms with van der Waals surface area (Å²) in [6.45, 7) is 4.23. The molecule has 0 aliphatic carbocycles. The lowest BCUT2D eigenvalue weighted by Gasteiger charge is -2.15. The summed E-state index contributed by atoms with van der Waals surface area (Å²) >= 11 is 0. The molecular weight excluding hydrogens is 279 g/mol. The highest BCUT2D eigenvalue weighted by molar-refractivity contribution is 5.95. The molecule has 2 N–H and O–H groups in total. The summed E-state index contributed by atoms with van der Waals surface area (Å²) in [5, 5.41) is 5.90. The maximum atomic E-state index is 13.1. The number of hydrogen-bond acceptors (Lipinski definition) is 2. The number of hydrogen-bond donors (Lipinski definition) is 2. The van der Waals surface area contributed by atoms with Crippen LogP contribution in [0.3, 0.4) is 0 Å². The van der Waals surface area contributed by atoms with E-state index < -0.39 is 0 Å². The molecule has 0 aliphatic heterocycles. The van der Waals surface area contributed by atoms with Crippen molar-refractivity contribution in [3.05, 3.63) is 59.4 Å². The zero-order valence-electron chi connectivity index (χ0n) is 12.9. The second-order valence-corrected chi connectivity index (χ2v) is 5.07. The molecule has 0 saturated heterocycles. The fourth-order valence-corrected chi connectivity index (χ4v) is 2.37. The van der Waals surface area contributed by atoms with E-state index in [1.54, 1.807) is 12.1 Å². The molecule has 0 spiro atoms. The topological polar surface area (TPSA) is 41.1 Å². The van der Waals surface area contributed by atoms with E-state index in [2.05, 4.69) is 24.5 Å². The monoisotopic (exact) mass is 300 g/mol. The molecule has 0 saturated carbocycles. The molecular formula is C18H21FN2O. The van der Waals surface area contributed by atoms with Gasteiger partial charge in [0.25, 0.3) is 0 Å². The Bertz CT molecular complexity index is 633. The van der Waals surface area contributed by atoms with Crippen molar-refractivity contribution in [2.75, 3.05) is 17.2 Å². The van der Waals surface area contributed by atoms with Crippen LogP contribution in [-0.4, -0.2) is 12.5 Å².